The van der Waals surface area contributed by atoms with Crippen LogP contribution in [0.15, 0.2) is 0 Å². The number of hydrogen-bond acceptors (Lipinski definition) is 3. The van der Waals surface area contributed by atoms with E-state index in [2.05, 4.69) is 0 Å². The average Bonchev–Trinajstić information content (AvgIpc) is 2.05. The van der Waals surface area contributed by atoms with Crippen molar-refractivity contribution in [1.29, 1.82) is 0 Å². The Bertz CT molecular complexity index is 182. The molecule has 0 spiro atoms. The Balaban J connectivity index is 2.39. The molecule has 0 aromatic heterocycles. The van der Waals surface area contributed by atoms with Crippen LogP contribution in [-0.2, 0) is 9.59 Å². The van der Waals surface area contributed by atoms with Crippen LogP contribution in [0.5, 0.6) is 0 Å². The normalized spacial score (nSPS) is 25.2. The lowest BCUT2D eigenvalue weighted by atomic mass is 9.98. The highest BCUT2D eigenvalue weighted by Crippen LogP contribution is 2.14. The Kier molecular flexibility index (Phi) is 3.22. The number of amides is 1. The molecule has 1 amide bonds. The average molecular weight is 169 g/mol. The van der Waals surface area contributed by atoms with Gasteiger partial charge in [0.15, 0.2) is 0 Å². The Morgan fingerprint density at radius 3 is 3.00 bits per heavy atom. The summed E-state index contributed by atoms with van der Waals surface area (Å²) in [6.07, 6.45) is 3.61. The van der Waals surface area contributed by atoms with Crippen LogP contribution in [0.3, 0.4) is 0 Å². The van der Waals surface area contributed by atoms with Gasteiger partial charge in [-0.25, -0.2) is 0 Å². The molecule has 0 aromatic carbocycles. The van der Waals surface area contributed by atoms with Crippen LogP contribution >= 0.6 is 0 Å². The molecule has 67 valence electrons. The van der Waals surface area contributed by atoms with Gasteiger partial charge in [-0.3, -0.25) is 14.5 Å². The van der Waals surface area contributed by atoms with Crippen molar-refractivity contribution < 1.29 is 9.59 Å². The first kappa shape index (κ1) is 9.19. The largest absolute Gasteiger partial charge is 0.369 e. The van der Waals surface area contributed by atoms with Gasteiger partial charge < -0.3 is 5.73 Å². The van der Waals surface area contributed by atoms with Crippen LogP contribution in [0, 0.1) is 5.92 Å². The van der Waals surface area contributed by atoms with Crippen LogP contribution < -0.4 is 5.73 Å². The van der Waals surface area contributed by atoms with Crippen LogP contribution in [0.4, 0.5) is 0 Å². The molecule has 0 saturated carbocycles. The highest BCUT2D eigenvalue weighted by atomic mass is 16.1. The molecular weight excluding hydrogens is 156 g/mol. The Labute approximate surface area is 71.7 Å². The minimum absolute atomic E-state index is 0.0768. The lowest BCUT2D eigenvalue weighted by Crippen LogP contribution is -2.41. The molecule has 4 heteroatoms. The van der Waals surface area contributed by atoms with Gasteiger partial charge in [-0.1, -0.05) is 0 Å². The van der Waals surface area contributed by atoms with Crippen LogP contribution in [0.2, 0.25) is 0 Å². The fourth-order valence-corrected chi connectivity index (χ4v) is 1.52. The van der Waals surface area contributed by atoms with Crippen molar-refractivity contribution in [2.24, 2.45) is 11.7 Å². The zero-order valence-corrected chi connectivity index (χ0v) is 6.95. The maximum atomic E-state index is 10.8. The van der Waals surface area contributed by atoms with E-state index >= 15 is 0 Å². The van der Waals surface area contributed by atoms with Crippen molar-refractivity contribution >= 4 is 12.2 Å². The molecule has 1 radical (unpaired) electrons. The van der Waals surface area contributed by atoms with Crippen LogP contribution in [-0.4, -0.2) is 36.7 Å². The van der Waals surface area contributed by atoms with Crippen molar-refractivity contribution in [3.05, 3.63) is 0 Å². The summed E-state index contributed by atoms with van der Waals surface area (Å²) in [4.78, 5) is 22.8. The molecule has 1 aliphatic rings. The van der Waals surface area contributed by atoms with Gasteiger partial charge in [-0.05, 0) is 19.4 Å². The molecule has 0 bridgehead atoms. The molecule has 0 aromatic rings. The number of carbonyl (C=O) groups excluding carboxylic acids is 2. The third-order valence-corrected chi connectivity index (χ3v) is 2.20. The third kappa shape index (κ3) is 2.30. The Hall–Kier alpha value is -0.900. The smallest absolute Gasteiger partial charge is 0.221 e. The number of piperidine rings is 1. The van der Waals surface area contributed by atoms with E-state index in [4.69, 9.17) is 5.73 Å². The molecule has 4 nitrogen and oxygen atoms in total. The van der Waals surface area contributed by atoms with Gasteiger partial charge in [0.05, 0.1) is 12.5 Å². The second-order valence-electron chi connectivity index (χ2n) is 3.12. The molecule has 2 N–H and O–H groups in total. The van der Waals surface area contributed by atoms with Crippen LogP contribution in [0.1, 0.15) is 12.8 Å². The van der Waals surface area contributed by atoms with E-state index in [0.717, 1.165) is 19.4 Å². The zero-order valence-electron chi connectivity index (χ0n) is 6.95. The first-order valence-corrected chi connectivity index (χ1v) is 4.10. The monoisotopic (exact) mass is 169 g/mol. The number of nitrogens with two attached hydrogens (primary N) is 1. The molecular formula is C8H13N2O2. The van der Waals surface area contributed by atoms with E-state index < -0.39 is 0 Å². The second-order valence-corrected chi connectivity index (χ2v) is 3.12. The predicted octanol–water partition coefficient (Wildman–Crippen LogP) is -0.707. The Morgan fingerprint density at radius 2 is 2.42 bits per heavy atom. The predicted molar refractivity (Wildman–Crippen MR) is 44.1 cm³/mol. The van der Waals surface area contributed by atoms with Crippen molar-refractivity contribution in [2.75, 3.05) is 19.6 Å². The summed E-state index contributed by atoms with van der Waals surface area (Å²) < 4.78 is 0. The van der Waals surface area contributed by atoms with Gasteiger partial charge in [0.1, 0.15) is 0 Å². The summed E-state index contributed by atoms with van der Waals surface area (Å²) in [6.45, 7) is 1.79. The summed E-state index contributed by atoms with van der Waals surface area (Å²) in [5.74, 6) is -0.335. The molecule has 1 rings (SSSR count). The maximum absolute atomic E-state index is 10.8. The number of carbonyl (C=O) groups is 1. The van der Waals surface area contributed by atoms with Gasteiger partial charge in [0.2, 0.25) is 12.2 Å². The number of primary amides is 1. The minimum Gasteiger partial charge on any atom is -0.369 e. The van der Waals surface area contributed by atoms with E-state index in [1.165, 1.54) is 0 Å². The molecule has 1 unspecified atom stereocenters. The Morgan fingerprint density at radius 1 is 1.67 bits per heavy atom. The molecule has 1 atom stereocenters. The molecule has 1 aliphatic heterocycles. The lowest BCUT2D eigenvalue weighted by Gasteiger charge is -2.29. The topological polar surface area (TPSA) is 63.4 Å². The van der Waals surface area contributed by atoms with E-state index in [-0.39, 0.29) is 11.8 Å². The highest BCUT2D eigenvalue weighted by Gasteiger charge is 2.23. The first-order valence-electron chi connectivity index (χ1n) is 4.10. The molecule has 1 saturated heterocycles. The number of likely N-dealkylation sites (tertiary alicyclic amines) is 1. The SMILES string of the molecule is NC(=O)C1CCCN(C[C]=O)C1. The minimum atomic E-state index is -0.259. The van der Waals surface area contributed by atoms with Crippen molar-refractivity contribution in [3.8, 4) is 0 Å². The van der Waals surface area contributed by atoms with Crippen molar-refractivity contribution in [1.82, 2.24) is 4.90 Å². The number of nitrogens with zero attached hydrogens (tertiary/aromatic N) is 1. The second kappa shape index (κ2) is 4.21. The first-order chi connectivity index (χ1) is 5.74. The fraction of sp³-hybridized carbons (Fsp3) is 0.750. The van der Waals surface area contributed by atoms with Gasteiger partial charge in [-0.2, -0.15) is 0 Å². The van der Waals surface area contributed by atoms with E-state index in [1.807, 2.05) is 11.2 Å². The van der Waals surface area contributed by atoms with Crippen molar-refractivity contribution in [2.45, 2.75) is 12.8 Å². The number of rotatable bonds is 3. The van der Waals surface area contributed by atoms with E-state index in [1.54, 1.807) is 0 Å². The van der Waals surface area contributed by atoms with Crippen LogP contribution in [0.25, 0.3) is 0 Å². The summed E-state index contributed by atoms with van der Waals surface area (Å²) in [7, 11) is 0. The highest BCUT2D eigenvalue weighted by molar-refractivity contribution is 5.77. The fourth-order valence-electron chi connectivity index (χ4n) is 1.52. The summed E-state index contributed by atoms with van der Waals surface area (Å²) in [6, 6.07) is 0. The van der Waals surface area contributed by atoms with Crippen molar-refractivity contribution in [3.63, 3.8) is 0 Å². The lowest BCUT2D eigenvalue weighted by molar-refractivity contribution is -0.123. The summed E-state index contributed by atoms with van der Waals surface area (Å²) >= 11 is 0. The summed E-state index contributed by atoms with van der Waals surface area (Å²) in [5.41, 5.74) is 5.16. The summed E-state index contributed by atoms with van der Waals surface area (Å²) in [5, 5.41) is 0. The number of hydrogen-bond donors (Lipinski definition) is 1. The molecule has 12 heavy (non-hydrogen) atoms. The van der Waals surface area contributed by atoms with Gasteiger partial charge in [0.25, 0.3) is 0 Å². The zero-order chi connectivity index (χ0) is 8.97. The van der Waals surface area contributed by atoms with E-state index in [9.17, 15) is 9.59 Å². The molecule has 1 heterocycles. The molecule has 0 aliphatic carbocycles. The maximum Gasteiger partial charge on any atom is 0.221 e. The molecule has 1 fully saturated rings. The van der Waals surface area contributed by atoms with Gasteiger partial charge in [0, 0.05) is 6.54 Å². The van der Waals surface area contributed by atoms with Gasteiger partial charge in [-0.15, -0.1) is 0 Å². The van der Waals surface area contributed by atoms with E-state index in [0.29, 0.717) is 13.1 Å². The standard InChI is InChI=1S/C8H13N2O2/c9-8(12)7-2-1-3-10(6-7)4-5-11/h7H,1-4,6H2,(H2,9,12). The quantitative estimate of drug-likeness (QED) is 0.607. The third-order valence-electron chi connectivity index (χ3n) is 2.20. The van der Waals surface area contributed by atoms with Gasteiger partial charge >= 0.3 is 0 Å².